The summed E-state index contributed by atoms with van der Waals surface area (Å²) in [5, 5.41) is 0. The van der Waals surface area contributed by atoms with E-state index in [1.54, 1.807) is 0 Å². The molecule has 1 saturated carbocycles. The van der Waals surface area contributed by atoms with Gasteiger partial charge in [0, 0.05) is 25.9 Å². The van der Waals surface area contributed by atoms with Crippen LogP contribution in [0.5, 0.6) is 0 Å². The highest BCUT2D eigenvalue weighted by molar-refractivity contribution is 4.97. The molecule has 0 aromatic rings. The van der Waals surface area contributed by atoms with Crippen LogP contribution in [-0.2, 0) is 9.47 Å². The third-order valence-corrected chi connectivity index (χ3v) is 12.3. The van der Waals surface area contributed by atoms with Crippen molar-refractivity contribution in [3.8, 4) is 0 Å². The second kappa shape index (κ2) is 28.3. The monoisotopic (exact) mass is 708 g/mol. The molecule has 3 heteroatoms. The highest BCUT2D eigenvalue weighted by Gasteiger charge is 2.52. The van der Waals surface area contributed by atoms with E-state index in [1.807, 2.05) is 0 Å². The van der Waals surface area contributed by atoms with E-state index in [2.05, 4.69) is 74.4 Å². The number of fused-ring (bicyclic) bond motifs is 1. The van der Waals surface area contributed by atoms with Gasteiger partial charge in [-0.15, -0.1) is 0 Å². The Morgan fingerprint density at radius 1 is 0.490 bits per heavy atom. The fourth-order valence-electron chi connectivity index (χ4n) is 8.88. The van der Waals surface area contributed by atoms with Crippen molar-refractivity contribution in [2.75, 3.05) is 20.1 Å². The van der Waals surface area contributed by atoms with E-state index in [4.69, 9.17) is 9.47 Å². The number of likely N-dealkylation sites (tertiary alicyclic amines) is 1. The molecule has 3 nitrogen and oxygen atoms in total. The first-order valence-electron chi connectivity index (χ1n) is 22.7. The van der Waals surface area contributed by atoms with Gasteiger partial charge in [0.05, 0.1) is 12.2 Å². The van der Waals surface area contributed by atoms with Gasteiger partial charge in [-0.25, -0.2) is 0 Å². The van der Waals surface area contributed by atoms with Gasteiger partial charge in [-0.2, -0.15) is 0 Å². The summed E-state index contributed by atoms with van der Waals surface area (Å²) in [5.74, 6) is -0.275. The number of unbranched alkanes of at least 4 members (excludes halogenated alkanes) is 18. The van der Waals surface area contributed by atoms with Gasteiger partial charge in [-0.1, -0.05) is 152 Å². The van der Waals surface area contributed by atoms with E-state index in [1.165, 1.54) is 167 Å². The van der Waals surface area contributed by atoms with Gasteiger partial charge in [0.2, 0.25) is 0 Å². The van der Waals surface area contributed by atoms with Crippen LogP contribution in [0.3, 0.4) is 0 Å². The average molecular weight is 708 g/mol. The molecule has 0 aromatic carbocycles. The Morgan fingerprint density at radius 2 is 0.902 bits per heavy atom. The quantitative estimate of drug-likeness (QED) is 0.0548. The first-order valence-corrected chi connectivity index (χ1v) is 22.7. The number of ether oxygens (including phenoxy) is 2. The summed E-state index contributed by atoms with van der Waals surface area (Å²) in [4.78, 5) is 2.42. The molecule has 2 aliphatic heterocycles. The first-order chi connectivity index (χ1) is 25.1. The van der Waals surface area contributed by atoms with E-state index < -0.39 is 0 Å². The fourth-order valence-corrected chi connectivity index (χ4v) is 8.88. The molecule has 0 amide bonds. The molecule has 51 heavy (non-hydrogen) atoms. The Labute approximate surface area is 318 Å². The molecular weight excluding hydrogens is 623 g/mol. The summed E-state index contributed by atoms with van der Waals surface area (Å²) in [7, 11) is 2.23. The number of hydrogen-bond donors (Lipinski definition) is 0. The van der Waals surface area contributed by atoms with Gasteiger partial charge >= 0.3 is 0 Å². The number of allylic oxidation sites excluding steroid dienone is 8. The van der Waals surface area contributed by atoms with Crippen molar-refractivity contribution in [3.05, 3.63) is 48.6 Å². The first kappa shape index (κ1) is 44.2. The largest absolute Gasteiger partial charge is 0.344 e. The summed E-state index contributed by atoms with van der Waals surface area (Å²) in [6.07, 6.45) is 60.5. The zero-order chi connectivity index (χ0) is 36.1. The van der Waals surface area contributed by atoms with Crippen LogP contribution in [0.25, 0.3) is 0 Å². The maximum atomic E-state index is 6.75. The van der Waals surface area contributed by atoms with Crippen molar-refractivity contribution in [1.82, 2.24) is 4.90 Å². The van der Waals surface area contributed by atoms with Crippen molar-refractivity contribution >= 4 is 0 Å². The third kappa shape index (κ3) is 19.7. The highest BCUT2D eigenvalue weighted by Crippen LogP contribution is 2.52. The zero-order valence-corrected chi connectivity index (χ0v) is 34.4. The molecule has 0 bridgehead atoms. The minimum atomic E-state index is -0.275. The number of piperidine rings is 1. The van der Waals surface area contributed by atoms with Crippen molar-refractivity contribution < 1.29 is 9.47 Å². The van der Waals surface area contributed by atoms with Crippen LogP contribution in [0.15, 0.2) is 48.6 Å². The summed E-state index contributed by atoms with van der Waals surface area (Å²) < 4.78 is 13.5. The molecule has 2 saturated heterocycles. The maximum Gasteiger partial charge on any atom is 0.169 e. The van der Waals surface area contributed by atoms with Gasteiger partial charge < -0.3 is 14.4 Å². The number of nitrogens with zero attached hydrogens (tertiary/aromatic N) is 1. The number of hydrogen-bond acceptors (Lipinski definition) is 3. The zero-order valence-electron chi connectivity index (χ0n) is 34.4. The molecule has 294 valence electrons. The van der Waals surface area contributed by atoms with Crippen LogP contribution in [0.1, 0.15) is 213 Å². The van der Waals surface area contributed by atoms with Gasteiger partial charge in [-0.05, 0) is 109 Å². The molecule has 2 heterocycles. The van der Waals surface area contributed by atoms with Crippen LogP contribution < -0.4 is 0 Å². The second-order valence-electron chi connectivity index (χ2n) is 16.9. The lowest BCUT2D eigenvalue weighted by Gasteiger charge is -2.44. The molecule has 0 aromatic heterocycles. The van der Waals surface area contributed by atoms with Crippen molar-refractivity contribution in [3.63, 3.8) is 0 Å². The standard InChI is InChI=1S/C48H85NO2/c1-4-6-8-10-12-14-16-18-20-22-24-26-28-30-32-34-37-47(39-41-48(42-40-47)50-45-36-43-49(3)44-46(45)51-48)38-35-33-31-29-27-25-23-21-19-17-15-13-11-9-7-5-2/h12-15,18-21,45-46H,4-11,16-17,22-44H2,1-3H3/b14-12-,15-13-,20-18-,21-19-/t45-,46-/m1/s1. The maximum absolute atomic E-state index is 6.75. The Bertz CT molecular complexity index is 891. The third-order valence-electron chi connectivity index (χ3n) is 12.3. The second-order valence-corrected chi connectivity index (χ2v) is 16.9. The Hall–Kier alpha value is -1.16. The summed E-state index contributed by atoms with van der Waals surface area (Å²) in [6, 6.07) is 0. The van der Waals surface area contributed by atoms with Gasteiger partial charge in [-0.3, -0.25) is 0 Å². The van der Waals surface area contributed by atoms with Crippen LogP contribution in [0.4, 0.5) is 0 Å². The summed E-state index contributed by atoms with van der Waals surface area (Å²) in [5.41, 5.74) is 0.521. The van der Waals surface area contributed by atoms with E-state index in [0.29, 0.717) is 11.5 Å². The van der Waals surface area contributed by atoms with Gasteiger partial charge in [0.15, 0.2) is 5.79 Å². The van der Waals surface area contributed by atoms with E-state index in [9.17, 15) is 0 Å². The molecule has 1 aliphatic carbocycles. The van der Waals surface area contributed by atoms with Crippen molar-refractivity contribution in [2.24, 2.45) is 5.41 Å². The SMILES string of the molecule is CCCCC/C=C\C/C=C\CCCCCCCCC1(CCCCCCCC/C=C\C/C=C\CCCCC)CCC2(CC1)O[C@@H]1CCN(C)C[C@H]1O2. The number of rotatable bonds is 30. The van der Waals surface area contributed by atoms with E-state index >= 15 is 0 Å². The topological polar surface area (TPSA) is 21.7 Å². The van der Waals surface area contributed by atoms with Crippen LogP contribution in [0, 0.1) is 5.41 Å². The summed E-state index contributed by atoms with van der Waals surface area (Å²) in [6.45, 7) is 6.74. The molecule has 3 fully saturated rings. The highest BCUT2D eigenvalue weighted by atomic mass is 16.8. The van der Waals surface area contributed by atoms with Crippen LogP contribution in [0.2, 0.25) is 0 Å². The molecule has 3 aliphatic rings. The molecule has 0 N–H and O–H groups in total. The minimum Gasteiger partial charge on any atom is -0.344 e. The van der Waals surface area contributed by atoms with Crippen molar-refractivity contribution in [2.45, 2.75) is 231 Å². The van der Waals surface area contributed by atoms with Crippen LogP contribution >= 0.6 is 0 Å². The molecule has 2 atom stereocenters. The molecule has 0 unspecified atom stereocenters. The molecular formula is C48H85NO2. The van der Waals surface area contributed by atoms with Gasteiger partial charge in [0.25, 0.3) is 0 Å². The molecule has 3 rings (SSSR count). The Kier molecular flexibility index (Phi) is 24.6. The normalized spacial score (nSPS) is 22.1. The number of likely N-dealkylation sites (N-methyl/N-ethyl adjacent to an activating group) is 1. The summed E-state index contributed by atoms with van der Waals surface area (Å²) >= 11 is 0. The lowest BCUT2D eigenvalue weighted by atomic mass is 9.66. The lowest BCUT2D eigenvalue weighted by Crippen LogP contribution is -2.43. The lowest BCUT2D eigenvalue weighted by molar-refractivity contribution is -0.208. The Morgan fingerprint density at radius 3 is 1.37 bits per heavy atom. The predicted octanol–water partition coefficient (Wildman–Crippen LogP) is 14.8. The fraction of sp³-hybridized carbons (Fsp3) is 0.833. The minimum absolute atomic E-state index is 0.275. The molecule has 0 radical (unpaired) electrons. The Balaban J connectivity index is 1.28. The molecule has 1 spiro atoms. The average Bonchev–Trinajstić information content (AvgIpc) is 3.49. The predicted molar refractivity (Wildman–Crippen MR) is 223 cm³/mol. The van der Waals surface area contributed by atoms with E-state index in [-0.39, 0.29) is 11.9 Å². The van der Waals surface area contributed by atoms with Gasteiger partial charge in [0.1, 0.15) is 0 Å². The smallest absolute Gasteiger partial charge is 0.169 e. The van der Waals surface area contributed by atoms with Crippen molar-refractivity contribution in [1.29, 1.82) is 0 Å². The van der Waals surface area contributed by atoms with E-state index in [0.717, 1.165) is 45.2 Å². The van der Waals surface area contributed by atoms with Crippen LogP contribution in [-0.4, -0.2) is 43.0 Å².